The third kappa shape index (κ3) is 2.85. The monoisotopic (exact) mass is 502 g/mol. The molecule has 0 radical (unpaired) electrons. The fourth-order valence-electron chi connectivity index (χ4n) is 4.33. The quantitative estimate of drug-likeness (QED) is 0.329. The van der Waals surface area contributed by atoms with E-state index in [1.807, 2.05) is 6.08 Å². The lowest BCUT2D eigenvalue weighted by atomic mass is 9.97. The molecule has 4 amide bonds. The minimum atomic E-state index is -1.28. The number of nitrogens with one attached hydrogen (secondary N) is 2. The molecular formula is C17H18N4O6S4. The van der Waals surface area contributed by atoms with Gasteiger partial charge in [0.15, 0.2) is 15.6 Å². The van der Waals surface area contributed by atoms with Crippen molar-refractivity contribution >= 4 is 66.8 Å². The van der Waals surface area contributed by atoms with Crippen LogP contribution in [-0.4, -0.2) is 89.9 Å². The zero-order valence-corrected chi connectivity index (χ0v) is 19.3. The van der Waals surface area contributed by atoms with Crippen LogP contribution < -0.4 is 10.6 Å². The number of likely N-dealkylation sites (N-methyl/N-ethyl adjacent to an activating group) is 1. The summed E-state index contributed by atoms with van der Waals surface area (Å²) in [6, 6.07) is -0.500. The molecule has 4 bridgehead atoms. The van der Waals surface area contributed by atoms with Crippen LogP contribution in [0.3, 0.4) is 0 Å². The predicted octanol–water partition coefficient (Wildman–Crippen LogP) is -1.02. The molecule has 8 aliphatic rings. The molecular weight excluding hydrogens is 484 g/mol. The molecule has 4 N–H and O–H groups in total. The van der Waals surface area contributed by atoms with Crippen LogP contribution in [0.2, 0.25) is 0 Å². The Labute approximate surface area is 192 Å². The SMILES string of the molecule is CN1C(=O)C23CC4=CC=CC(O)C4N2C(=O)C1(CO)SS3.O=C1NC2SSC1NC2=O. The summed E-state index contributed by atoms with van der Waals surface area (Å²) in [5.41, 5.74) is 0.892. The molecule has 1 spiro atoms. The van der Waals surface area contributed by atoms with Gasteiger partial charge in [-0.3, -0.25) is 19.2 Å². The Kier molecular flexibility index (Phi) is 5.10. The number of fused-ring (bicyclic) bond motifs is 6. The zero-order valence-electron chi connectivity index (χ0n) is 16.0. The average Bonchev–Trinajstić information content (AvgIpc) is 3.11. The van der Waals surface area contributed by atoms with Crippen molar-refractivity contribution in [2.24, 2.45) is 0 Å². The van der Waals surface area contributed by atoms with Crippen LogP contribution in [0, 0.1) is 0 Å². The van der Waals surface area contributed by atoms with E-state index in [4.69, 9.17) is 0 Å². The molecule has 0 saturated carbocycles. The molecule has 8 rings (SSSR count). The molecule has 0 aromatic carbocycles. The fraction of sp³-hybridized carbons (Fsp3) is 0.529. The van der Waals surface area contributed by atoms with Gasteiger partial charge in [-0.2, -0.15) is 0 Å². The predicted molar refractivity (Wildman–Crippen MR) is 118 cm³/mol. The maximum absolute atomic E-state index is 12.9. The standard InChI is InChI=1S/C13H14N2O4S2.C4H4N2O2S2/c1-14-10(18)12-5-7-3-2-4-8(17)9(7)15(12)11(19)13(14,6-16)21-20-12;7-1-3-6-2(8)4(5-1)10-9-3/h2-4,8-9,16-17H,5-6H2,1H3;3-4H,(H,5,7)(H,6,8). The molecule has 31 heavy (non-hydrogen) atoms. The van der Waals surface area contributed by atoms with Crippen LogP contribution in [-0.2, 0) is 19.2 Å². The summed E-state index contributed by atoms with van der Waals surface area (Å²) in [4.78, 5) is 48.0. The summed E-state index contributed by atoms with van der Waals surface area (Å²) in [5.74, 6) is -0.650. The second-order valence-electron chi connectivity index (χ2n) is 7.64. The third-order valence-corrected chi connectivity index (χ3v) is 12.2. The van der Waals surface area contributed by atoms with E-state index < -0.39 is 28.5 Å². The van der Waals surface area contributed by atoms with Crippen LogP contribution in [0.15, 0.2) is 23.8 Å². The molecule has 10 nitrogen and oxygen atoms in total. The van der Waals surface area contributed by atoms with Gasteiger partial charge in [-0.25, -0.2) is 0 Å². The number of hydrogen-bond donors (Lipinski definition) is 4. The molecule has 0 aromatic rings. The van der Waals surface area contributed by atoms with Crippen molar-refractivity contribution in [3.63, 3.8) is 0 Å². The van der Waals surface area contributed by atoms with E-state index in [1.54, 1.807) is 19.2 Å². The van der Waals surface area contributed by atoms with Crippen LogP contribution in [0.4, 0.5) is 0 Å². The van der Waals surface area contributed by atoms with Gasteiger partial charge in [0.25, 0.3) is 23.6 Å². The fourth-order valence-corrected chi connectivity index (χ4v) is 10.2. The number of nitrogens with zero attached hydrogens (tertiary/aromatic N) is 2. The van der Waals surface area contributed by atoms with Gasteiger partial charge in [0.2, 0.25) is 4.87 Å². The van der Waals surface area contributed by atoms with Crippen LogP contribution >= 0.6 is 43.2 Å². The lowest BCUT2D eigenvalue weighted by Crippen LogP contribution is -2.77. The third-order valence-electron chi connectivity index (χ3n) is 5.97. The first kappa shape index (κ1) is 21.5. The molecule has 7 saturated heterocycles. The number of rotatable bonds is 1. The molecule has 6 atom stereocenters. The number of carbonyl (C=O) groups is 4. The molecule has 7 fully saturated rings. The minimum Gasteiger partial charge on any atom is -0.392 e. The van der Waals surface area contributed by atoms with Crippen molar-refractivity contribution in [2.45, 2.75) is 39.1 Å². The van der Waals surface area contributed by atoms with E-state index in [-0.39, 0.29) is 34.4 Å². The number of hydrogen-bond acceptors (Lipinski definition) is 10. The maximum Gasteiger partial charge on any atom is 0.264 e. The van der Waals surface area contributed by atoms with Gasteiger partial charge >= 0.3 is 0 Å². The number of carbonyl (C=O) groups excluding carboxylic acids is 4. The molecule has 7 heterocycles. The van der Waals surface area contributed by atoms with E-state index >= 15 is 0 Å². The highest BCUT2D eigenvalue weighted by atomic mass is 33.1. The molecule has 14 heteroatoms. The topological polar surface area (TPSA) is 139 Å². The normalized spacial score (nSPS) is 41.8. The molecule has 0 aromatic heterocycles. The van der Waals surface area contributed by atoms with Gasteiger partial charge in [0, 0.05) is 13.5 Å². The summed E-state index contributed by atoms with van der Waals surface area (Å²) < 4.78 is 0. The lowest BCUT2D eigenvalue weighted by Gasteiger charge is -2.58. The van der Waals surface area contributed by atoms with Crippen molar-refractivity contribution in [1.82, 2.24) is 20.4 Å². The van der Waals surface area contributed by atoms with Gasteiger partial charge < -0.3 is 30.6 Å². The Morgan fingerprint density at radius 2 is 1.74 bits per heavy atom. The lowest BCUT2D eigenvalue weighted by molar-refractivity contribution is -0.168. The summed E-state index contributed by atoms with van der Waals surface area (Å²) in [7, 11) is 6.93. The highest BCUT2D eigenvalue weighted by Gasteiger charge is 2.73. The van der Waals surface area contributed by atoms with E-state index in [9.17, 15) is 29.4 Å². The van der Waals surface area contributed by atoms with Gasteiger partial charge in [0.1, 0.15) is 0 Å². The Bertz CT molecular complexity index is 939. The number of allylic oxidation sites excluding steroid dienone is 2. The van der Waals surface area contributed by atoms with E-state index in [0.29, 0.717) is 6.42 Å². The highest BCUT2D eigenvalue weighted by molar-refractivity contribution is 8.78. The zero-order chi connectivity index (χ0) is 22.1. The van der Waals surface area contributed by atoms with Crippen molar-refractivity contribution in [3.8, 4) is 0 Å². The Balaban J connectivity index is 0.000000171. The molecule has 166 valence electrons. The van der Waals surface area contributed by atoms with Gasteiger partial charge in [-0.15, -0.1) is 0 Å². The summed E-state index contributed by atoms with van der Waals surface area (Å²) in [6.45, 7) is -0.435. The van der Waals surface area contributed by atoms with E-state index in [0.717, 1.165) is 5.57 Å². The van der Waals surface area contributed by atoms with Crippen LogP contribution in [0.1, 0.15) is 6.42 Å². The minimum absolute atomic E-state index is 0.0895. The first-order valence-electron chi connectivity index (χ1n) is 9.33. The van der Waals surface area contributed by atoms with Crippen molar-refractivity contribution in [3.05, 3.63) is 23.8 Å². The smallest absolute Gasteiger partial charge is 0.264 e. The highest BCUT2D eigenvalue weighted by Crippen LogP contribution is 2.64. The Morgan fingerprint density at radius 1 is 1.10 bits per heavy atom. The van der Waals surface area contributed by atoms with Crippen LogP contribution in [0.25, 0.3) is 0 Å². The average molecular weight is 503 g/mol. The Hall–Kier alpha value is -1.32. The van der Waals surface area contributed by atoms with Crippen molar-refractivity contribution in [1.29, 1.82) is 0 Å². The van der Waals surface area contributed by atoms with Crippen molar-refractivity contribution in [2.75, 3.05) is 13.7 Å². The Morgan fingerprint density at radius 3 is 2.29 bits per heavy atom. The van der Waals surface area contributed by atoms with Gasteiger partial charge in [0.05, 0.1) is 18.8 Å². The summed E-state index contributed by atoms with van der Waals surface area (Å²) in [5, 5.41) is 24.4. The van der Waals surface area contributed by atoms with Gasteiger partial charge in [-0.05, 0) is 16.4 Å². The number of piperazine rings is 2. The second kappa shape index (κ2) is 7.35. The second-order valence-corrected chi connectivity index (χ2v) is 12.8. The maximum atomic E-state index is 12.9. The number of aliphatic hydroxyl groups is 2. The van der Waals surface area contributed by atoms with Crippen molar-refractivity contribution < 1.29 is 29.4 Å². The molecule has 1 aliphatic carbocycles. The number of amides is 4. The molecule has 6 unspecified atom stereocenters. The molecule has 7 aliphatic heterocycles. The first-order chi connectivity index (χ1) is 14.7. The number of aliphatic hydroxyl groups excluding tert-OH is 2. The summed E-state index contributed by atoms with van der Waals surface area (Å²) >= 11 is 0. The van der Waals surface area contributed by atoms with Crippen LogP contribution in [0.5, 0.6) is 0 Å². The van der Waals surface area contributed by atoms with Gasteiger partial charge in [-0.1, -0.05) is 50.6 Å². The largest absolute Gasteiger partial charge is 0.392 e. The van der Waals surface area contributed by atoms with E-state index in [2.05, 4.69) is 10.6 Å². The summed E-state index contributed by atoms with van der Waals surface area (Å²) in [6.07, 6.45) is 4.87. The first-order valence-corrected chi connectivity index (χ1v) is 13.8. The van der Waals surface area contributed by atoms with E-state index in [1.165, 1.54) is 53.0 Å².